The molecule has 2 unspecified atom stereocenters. The van der Waals surface area contributed by atoms with E-state index in [4.69, 9.17) is 5.73 Å². The Kier molecular flexibility index (Phi) is 4.61. The van der Waals surface area contributed by atoms with Gasteiger partial charge in [-0.3, -0.25) is 0 Å². The van der Waals surface area contributed by atoms with E-state index >= 15 is 0 Å². The van der Waals surface area contributed by atoms with Crippen molar-refractivity contribution in [3.8, 4) is 0 Å². The molecule has 0 aromatic heterocycles. The Bertz CT molecular complexity index is 345. The minimum Gasteiger partial charge on any atom is -0.327 e. The zero-order valence-corrected chi connectivity index (χ0v) is 11.0. The molecule has 0 radical (unpaired) electrons. The summed E-state index contributed by atoms with van der Waals surface area (Å²) in [6, 6.07) is 9.27. The van der Waals surface area contributed by atoms with Crippen molar-refractivity contribution in [3.05, 3.63) is 35.4 Å². The van der Waals surface area contributed by atoms with Gasteiger partial charge in [-0.2, -0.15) is 0 Å². The average molecular weight is 231 g/mol. The number of nitrogens with two attached hydrogens (primary N) is 1. The summed E-state index contributed by atoms with van der Waals surface area (Å²) in [4.78, 5) is 0. The number of unbranched alkanes of at least 4 members (excludes halogenated alkanes) is 2. The second kappa shape index (κ2) is 6.20. The number of aryl methyl sites for hydroxylation is 1. The zero-order chi connectivity index (χ0) is 12.1. The van der Waals surface area contributed by atoms with Crippen LogP contribution < -0.4 is 5.73 Å². The van der Waals surface area contributed by atoms with Gasteiger partial charge in [0.2, 0.25) is 0 Å². The van der Waals surface area contributed by atoms with Crippen LogP contribution in [0.1, 0.15) is 50.2 Å². The quantitative estimate of drug-likeness (QED) is 0.768. The Morgan fingerprint density at radius 2 is 2.00 bits per heavy atom. The van der Waals surface area contributed by atoms with Crippen LogP contribution in [0.2, 0.25) is 0 Å². The molecule has 1 aliphatic carbocycles. The highest BCUT2D eigenvalue weighted by Gasteiger charge is 2.23. The van der Waals surface area contributed by atoms with Crippen molar-refractivity contribution in [2.75, 3.05) is 0 Å². The fourth-order valence-corrected chi connectivity index (χ4v) is 2.96. The molecule has 2 rings (SSSR count). The normalized spacial score (nSPS) is 20.9. The number of rotatable bonds is 5. The first-order valence-corrected chi connectivity index (χ1v) is 7.13. The van der Waals surface area contributed by atoms with Crippen LogP contribution >= 0.6 is 0 Å². The summed E-state index contributed by atoms with van der Waals surface area (Å²) in [7, 11) is 0. The molecule has 1 aromatic carbocycles. The zero-order valence-electron chi connectivity index (χ0n) is 11.0. The lowest BCUT2D eigenvalue weighted by atomic mass is 9.79. The molecule has 0 saturated heterocycles. The first kappa shape index (κ1) is 12.6. The maximum Gasteiger partial charge on any atom is 0.00704 e. The molecule has 0 amide bonds. The van der Waals surface area contributed by atoms with Crippen LogP contribution in [0, 0.1) is 5.92 Å². The predicted molar refractivity (Wildman–Crippen MR) is 74.1 cm³/mol. The number of benzene rings is 1. The maximum atomic E-state index is 6.35. The van der Waals surface area contributed by atoms with Crippen molar-refractivity contribution in [3.63, 3.8) is 0 Å². The van der Waals surface area contributed by atoms with Gasteiger partial charge in [0, 0.05) is 6.04 Å². The minimum atomic E-state index is 0.412. The van der Waals surface area contributed by atoms with Crippen LogP contribution in [0.5, 0.6) is 0 Å². The Morgan fingerprint density at radius 1 is 1.24 bits per heavy atom. The van der Waals surface area contributed by atoms with E-state index in [1.807, 2.05) is 0 Å². The van der Waals surface area contributed by atoms with Crippen LogP contribution in [0.4, 0.5) is 0 Å². The Labute approximate surface area is 105 Å². The van der Waals surface area contributed by atoms with Gasteiger partial charge in [-0.05, 0) is 42.7 Å². The van der Waals surface area contributed by atoms with Gasteiger partial charge in [-0.15, -0.1) is 0 Å². The topological polar surface area (TPSA) is 26.0 Å². The highest BCUT2D eigenvalue weighted by Crippen LogP contribution is 2.28. The lowest BCUT2D eigenvalue weighted by Gasteiger charge is -2.29. The lowest BCUT2D eigenvalue weighted by Crippen LogP contribution is -2.34. The molecule has 1 heteroatoms. The van der Waals surface area contributed by atoms with Gasteiger partial charge in [-0.1, -0.05) is 50.5 Å². The summed E-state index contributed by atoms with van der Waals surface area (Å²) in [5, 5.41) is 0. The Hall–Kier alpha value is -0.820. The van der Waals surface area contributed by atoms with Crippen LogP contribution in [0.3, 0.4) is 0 Å². The molecule has 0 spiro atoms. The summed E-state index contributed by atoms with van der Waals surface area (Å²) in [5.74, 6) is 0.710. The van der Waals surface area contributed by atoms with Gasteiger partial charge < -0.3 is 5.73 Å². The van der Waals surface area contributed by atoms with Crippen molar-refractivity contribution in [1.29, 1.82) is 0 Å². The SMILES string of the molecule is CCCCCC(N)C1CCc2ccccc2C1. The van der Waals surface area contributed by atoms with Crippen molar-refractivity contribution < 1.29 is 0 Å². The molecule has 0 saturated carbocycles. The third-order valence-corrected chi connectivity index (χ3v) is 4.13. The molecule has 0 heterocycles. The fraction of sp³-hybridized carbons (Fsp3) is 0.625. The second-order valence-electron chi connectivity index (χ2n) is 5.43. The summed E-state index contributed by atoms with van der Waals surface area (Å²) < 4.78 is 0. The average Bonchev–Trinajstić information content (AvgIpc) is 2.38. The summed E-state index contributed by atoms with van der Waals surface area (Å²) in [6.45, 7) is 2.25. The third kappa shape index (κ3) is 3.32. The maximum absolute atomic E-state index is 6.35. The number of hydrogen-bond donors (Lipinski definition) is 1. The van der Waals surface area contributed by atoms with E-state index in [-0.39, 0.29) is 0 Å². The van der Waals surface area contributed by atoms with Gasteiger partial charge in [0.1, 0.15) is 0 Å². The predicted octanol–water partition coefficient (Wildman–Crippen LogP) is 3.70. The molecule has 0 bridgehead atoms. The van der Waals surface area contributed by atoms with E-state index < -0.39 is 0 Å². The first-order chi connectivity index (χ1) is 8.31. The Balaban J connectivity index is 1.88. The highest BCUT2D eigenvalue weighted by molar-refractivity contribution is 5.29. The van der Waals surface area contributed by atoms with Gasteiger partial charge in [0.25, 0.3) is 0 Å². The summed E-state index contributed by atoms with van der Waals surface area (Å²) in [6.07, 6.45) is 8.84. The molecule has 0 fully saturated rings. The van der Waals surface area contributed by atoms with Crippen molar-refractivity contribution in [2.24, 2.45) is 11.7 Å². The second-order valence-corrected chi connectivity index (χ2v) is 5.43. The molecule has 17 heavy (non-hydrogen) atoms. The van der Waals surface area contributed by atoms with E-state index in [1.54, 1.807) is 5.56 Å². The fourth-order valence-electron chi connectivity index (χ4n) is 2.96. The van der Waals surface area contributed by atoms with E-state index in [1.165, 1.54) is 50.5 Å². The molecule has 94 valence electrons. The highest BCUT2D eigenvalue weighted by atomic mass is 14.6. The van der Waals surface area contributed by atoms with Gasteiger partial charge >= 0.3 is 0 Å². The number of fused-ring (bicyclic) bond motifs is 1. The smallest absolute Gasteiger partial charge is 0.00704 e. The van der Waals surface area contributed by atoms with E-state index in [0.717, 1.165) is 0 Å². The first-order valence-electron chi connectivity index (χ1n) is 7.13. The molecular weight excluding hydrogens is 206 g/mol. The molecule has 1 aromatic rings. The summed E-state index contributed by atoms with van der Waals surface area (Å²) in [5.41, 5.74) is 9.43. The standard InChI is InChI=1S/C16H25N/c1-2-3-4-9-16(17)15-11-10-13-7-5-6-8-14(13)12-15/h5-8,15-16H,2-4,9-12,17H2,1H3. The summed E-state index contributed by atoms with van der Waals surface area (Å²) >= 11 is 0. The van der Waals surface area contributed by atoms with E-state index in [9.17, 15) is 0 Å². The van der Waals surface area contributed by atoms with E-state index in [0.29, 0.717) is 12.0 Å². The monoisotopic (exact) mass is 231 g/mol. The third-order valence-electron chi connectivity index (χ3n) is 4.13. The van der Waals surface area contributed by atoms with Gasteiger partial charge in [0.05, 0.1) is 0 Å². The van der Waals surface area contributed by atoms with Crippen LogP contribution in [0.15, 0.2) is 24.3 Å². The van der Waals surface area contributed by atoms with Crippen molar-refractivity contribution >= 4 is 0 Å². The minimum absolute atomic E-state index is 0.412. The van der Waals surface area contributed by atoms with Crippen LogP contribution in [0.25, 0.3) is 0 Å². The van der Waals surface area contributed by atoms with Crippen molar-refractivity contribution in [1.82, 2.24) is 0 Å². The lowest BCUT2D eigenvalue weighted by molar-refractivity contribution is 0.351. The molecular formula is C16H25N. The molecule has 0 aliphatic heterocycles. The largest absolute Gasteiger partial charge is 0.327 e. The molecule has 2 N–H and O–H groups in total. The van der Waals surface area contributed by atoms with Gasteiger partial charge in [0.15, 0.2) is 0 Å². The number of hydrogen-bond acceptors (Lipinski definition) is 1. The van der Waals surface area contributed by atoms with Crippen LogP contribution in [-0.2, 0) is 12.8 Å². The Morgan fingerprint density at radius 3 is 2.76 bits per heavy atom. The van der Waals surface area contributed by atoms with Crippen LogP contribution in [-0.4, -0.2) is 6.04 Å². The van der Waals surface area contributed by atoms with E-state index in [2.05, 4.69) is 31.2 Å². The van der Waals surface area contributed by atoms with Gasteiger partial charge in [-0.25, -0.2) is 0 Å². The van der Waals surface area contributed by atoms with Crippen molar-refractivity contribution in [2.45, 2.75) is 57.9 Å². The molecule has 2 atom stereocenters. The molecule has 1 nitrogen and oxygen atoms in total. The molecule has 1 aliphatic rings.